The number of carbonyl (C=O) groups excluding carboxylic acids is 2. The third-order valence-electron chi connectivity index (χ3n) is 3.86. The third kappa shape index (κ3) is 3.15. The van der Waals surface area contributed by atoms with Gasteiger partial charge in [0.15, 0.2) is 5.78 Å². The van der Waals surface area contributed by atoms with Crippen molar-refractivity contribution in [3.8, 4) is 0 Å². The van der Waals surface area contributed by atoms with Crippen LogP contribution in [0, 0.1) is 0 Å². The maximum absolute atomic E-state index is 12.3. The molecule has 0 aliphatic carbocycles. The van der Waals surface area contributed by atoms with Crippen LogP contribution in [0.5, 0.6) is 0 Å². The molecular formula is C13H16ClN3O3S. The Balaban J connectivity index is 1.57. The second kappa shape index (κ2) is 6.08. The summed E-state index contributed by atoms with van der Waals surface area (Å²) in [7, 11) is 0. The number of halogens is 1. The topological polar surface area (TPSA) is 82.0 Å². The number of aliphatic hydroxyl groups excluding tert-OH is 1. The molecule has 3 aliphatic heterocycles. The number of aliphatic hydroxyl groups is 1. The van der Waals surface area contributed by atoms with Gasteiger partial charge >= 0.3 is 0 Å². The lowest BCUT2D eigenvalue weighted by Gasteiger charge is -2.27. The quantitative estimate of drug-likeness (QED) is 0.764. The zero-order valence-corrected chi connectivity index (χ0v) is 12.8. The Bertz CT molecular complexity index is 525. The van der Waals surface area contributed by atoms with Crippen LogP contribution in [0.4, 0.5) is 0 Å². The monoisotopic (exact) mass is 329 g/mol. The number of amides is 1. The van der Waals surface area contributed by atoms with Gasteiger partial charge in [0, 0.05) is 12.5 Å². The molecule has 4 atom stereocenters. The largest absolute Gasteiger partial charge is 0.391 e. The van der Waals surface area contributed by atoms with E-state index >= 15 is 0 Å². The molecule has 2 N–H and O–H groups in total. The van der Waals surface area contributed by atoms with Crippen molar-refractivity contribution in [1.82, 2.24) is 10.2 Å². The van der Waals surface area contributed by atoms with Gasteiger partial charge in [0.2, 0.25) is 5.91 Å². The summed E-state index contributed by atoms with van der Waals surface area (Å²) in [6.07, 6.45) is 3.57. The average Bonchev–Trinajstić information content (AvgIpc) is 3.00. The van der Waals surface area contributed by atoms with Crippen molar-refractivity contribution in [2.45, 2.75) is 36.3 Å². The minimum Gasteiger partial charge on any atom is -0.391 e. The molecule has 21 heavy (non-hydrogen) atoms. The van der Waals surface area contributed by atoms with Crippen LogP contribution in [-0.4, -0.2) is 64.6 Å². The van der Waals surface area contributed by atoms with E-state index in [1.165, 1.54) is 23.0 Å². The number of carbonyl (C=O) groups is 2. The maximum Gasteiger partial charge on any atom is 0.244 e. The molecule has 0 aromatic heterocycles. The molecule has 114 valence electrons. The Kier molecular flexibility index (Phi) is 4.35. The standard InChI is InChI=1S/C13H16ClN3O3S/c14-11-4-9-12(21-11)13(20)17(6-16-9)5-7(18)3-8-10(19)1-2-15-8/h4,6,8-10,12,15,19H,1-3,5H2/t8-,9?,10+,12?/m0/s1. The minimum absolute atomic E-state index is 0.00533. The molecule has 1 fully saturated rings. The molecule has 8 heteroatoms. The van der Waals surface area contributed by atoms with Crippen molar-refractivity contribution in [2.24, 2.45) is 4.99 Å². The number of ketones is 1. The summed E-state index contributed by atoms with van der Waals surface area (Å²) >= 11 is 7.19. The van der Waals surface area contributed by atoms with E-state index < -0.39 is 6.10 Å². The number of rotatable bonds is 4. The van der Waals surface area contributed by atoms with Crippen molar-refractivity contribution >= 4 is 41.4 Å². The van der Waals surface area contributed by atoms with E-state index in [4.69, 9.17) is 11.6 Å². The van der Waals surface area contributed by atoms with Crippen LogP contribution in [0.3, 0.4) is 0 Å². The molecule has 0 saturated carbocycles. The van der Waals surface area contributed by atoms with E-state index in [2.05, 4.69) is 10.3 Å². The number of thioether (sulfide) groups is 1. The fourth-order valence-electron chi connectivity index (χ4n) is 2.73. The summed E-state index contributed by atoms with van der Waals surface area (Å²) < 4.78 is 0.571. The first-order valence-electron chi connectivity index (χ1n) is 6.85. The van der Waals surface area contributed by atoms with E-state index in [1.54, 1.807) is 6.08 Å². The molecular weight excluding hydrogens is 314 g/mol. The molecule has 3 heterocycles. The summed E-state index contributed by atoms with van der Waals surface area (Å²) in [6.45, 7) is 0.711. The summed E-state index contributed by atoms with van der Waals surface area (Å²) in [5.74, 6) is -0.228. The van der Waals surface area contributed by atoms with E-state index in [-0.39, 0.29) is 42.0 Å². The van der Waals surface area contributed by atoms with Crippen LogP contribution in [0.1, 0.15) is 12.8 Å². The minimum atomic E-state index is -0.488. The Morgan fingerprint density at radius 3 is 3.14 bits per heavy atom. The van der Waals surface area contributed by atoms with Gasteiger partial charge in [-0.05, 0) is 19.0 Å². The molecule has 1 saturated heterocycles. The van der Waals surface area contributed by atoms with Crippen molar-refractivity contribution in [1.29, 1.82) is 0 Å². The zero-order valence-electron chi connectivity index (χ0n) is 11.2. The van der Waals surface area contributed by atoms with E-state index in [9.17, 15) is 14.7 Å². The Labute approximate surface area is 131 Å². The van der Waals surface area contributed by atoms with Gasteiger partial charge < -0.3 is 10.4 Å². The highest BCUT2D eigenvalue weighted by Crippen LogP contribution is 2.38. The van der Waals surface area contributed by atoms with Gasteiger partial charge in [-0.25, -0.2) is 0 Å². The van der Waals surface area contributed by atoms with Gasteiger partial charge in [0.1, 0.15) is 5.25 Å². The number of aliphatic imine (C=N–C) groups is 1. The molecule has 0 aromatic rings. The fourth-order valence-corrected chi connectivity index (χ4v) is 4.13. The Hall–Kier alpha value is -0.890. The predicted molar refractivity (Wildman–Crippen MR) is 81.3 cm³/mol. The summed E-state index contributed by atoms with van der Waals surface area (Å²) in [6, 6.07) is -0.432. The lowest BCUT2D eigenvalue weighted by Crippen LogP contribution is -2.47. The molecule has 2 unspecified atom stereocenters. The number of nitrogens with zero attached hydrogens (tertiary/aromatic N) is 2. The lowest BCUT2D eigenvalue weighted by atomic mass is 10.1. The summed E-state index contributed by atoms with van der Waals surface area (Å²) in [4.78, 5) is 30.0. The lowest BCUT2D eigenvalue weighted by molar-refractivity contribution is -0.131. The van der Waals surface area contributed by atoms with Crippen LogP contribution in [0.2, 0.25) is 0 Å². The van der Waals surface area contributed by atoms with Crippen molar-refractivity contribution in [3.05, 3.63) is 10.4 Å². The molecule has 0 bridgehead atoms. The Morgan fingerprint density at radius 1 is 1.62 bits per heavy atom. The highest BCUT2D eigenvalue weighted by atomic mass is 35.5. The zero-order chi connectivity index (χ0) is 15.0. The number of hydrogen-bond donors (Lipinski definition) is 2. The number of Topliss-reactive ketones (excluding diaryl/α,β-unsaturated/α-hetero) is 1. The normalized spacial score (nSPS) is 35.0. The number of hydrogen-bond acceptors (Lipinski definition) is 6. The van der Waals surface area contributed by atoms with E-state index in [0.717, 1.165) is 0 Å². The smallest absolute Gasteiger partial charge is 0.244 e. The van der Waals surface area contributed by atoms with Crippen molar-refractivity contribution < 1.29 is 14.7 Å². The first kappa shape index (κ1) is 15.0. The molecule has 0 spiro atoms. The number of nitrogens with one attached hydrogen (secondary N) is 1. The first-order chi connectivity index (χ1) is 10.0. The van der Waals surface area contributed by atoms with Gasteiger partial charge in [0.05, 0.1) is 29.4 Å². The van der Waals surface area contributed by atoms with E-state index in [0.29, 0.717) is 17.3 Å². The second-order valence-corrected chi connectivity index (χ2v) is 7.20. The first-order valence-corrected chi connectivity index (χ1v) is 8.11. The second-order valence-electron chi connectivity index (χ2n) is 5.39. The summed E-state index contributed by atoms with van der Waals surface area (Å²) in [5, 5.41) is 12.4. The molecule has 6 nitrogen and oxygen atoms in total. The van der Waals surface area contributed by atoms with Crippen LogP contribution in [-0.2, 0) is 9.59 Å². The van der Waals surface area contributed by atoms with Gasteiger partial charge in [-0.2, -0.15) is 0 Å². The SMILES string of the molecule is O=C(C[C@@H]1NCC[C@H]1O)CN1C=NC2C=C(Cl)SC2C1=O. The molecule has 3 rings (SSSR count). The van der Waals surface area contributed by atoms with Gasteiger partial charge in [-0.3, -0.25) is 19.5 Å². The van der Waals surface area contributed by atoms with Crippen molar-refractivity contribution in [2.75, 3.05) is 13.1 Å². The van der Waals surface area contributed by atoms with Gasteiger partial charge in [0.25, 0.3) is 0 Å². The Morgan fingerprint density at radius 2 is 2.43 bits per heavy atom. The summed E-state index contributed by atoms with van der Waals surface area (Å²) in [5.41, 5.74) is 0. The average molecular weight is 330 g/mol. The maximum atomic E-state index is 12.3. The van der Waals surface area contributed by atoms with Crippen LogP contribution in [0.25, 0.3) is 0 Å². The van der Waals surface area contributed by atoms with Crippen LogP contribution in [0.15, 0.2) is 15.4 Å². The predicted octanol–water partition coefficient (Wildman–Crippen LogP) is 0.103. The molecule has 0 radical (unpaired) electrons. The number of fused-ring (bicyclic) bond motifs is 1. The highest BCUT2D eigenvalue weighted by molar-refractivity contribution is 8.06. The van der Waals surface area contributed by atoms with Gasteiger partial charge in [-0.1, -0.05) is 23.4 Å². The molecule has 0 aromatic carbocycles. The van der Waals surface area contributed by atoms with Gasteiger partial charge in [-0.15, -0.1) is 0 Å². The molecule has 1 amide bonds. The highest BCUT2D eigenvalue weighted by Gasteiger charge is 2.39. The van der Waals surface area contributed by atoms with Crippen LogP contribution >= 0.6 is 23.4 Å². The van der Waals surface area contributed by atoms with E-state index in [1.807, 2.05) is 0 Å². The fraction of sp³-hybridized carbons (Fsp3) is 0.615. The van der Waals surface area contributed by atoms with Crippen LogP contribution < -0.4 is 5.32 Å². The third-order valence-corrected chi connectivity index (χ3v) is 5.35. The molecule has 3 aliphatic rings. The van der Waals surface area contributed by atoms with Crippen molar-refractivity contribution in [3.63, 3.8) is 0 Å².